The molecule has 6 nitrogen and oxygen atoms in total. The van der Waals surface area contributed by atoms with Crippen molar-refractivity contribution in [1.29, 1.82) is 0 Å². The maximum absolute atomic E-state index is 10.9. The summed E-state index contributed by atoms with van der Waals surface area (Å²) in [4.78, 5) is 10.8. The van der Waals surface area contributed by atoms with Gasteiger partial charge in [-0.25, -0.2) is 0 Å². The van der Waals surface area contributed by atoms with E-state index in [1.807, 2.05) is 0 Å². The van der Waals surface area contributed by atoms with Crippen LogP contribution in [0.1, 0.15) is 96.3 Å². The van der Waals surface area contributed by atoms with Crippen LogP contribution in [-0.4, -0.2) is 41.0 Å². The molecule has 1 unspecified atom stereocenters. The summed E-state index contributed by atoms with van der Waals surface area (Å²) in [7, 11) is -4.49. The molecule has 0 radical (unpaired) electrons. The standard InChI is InChI=1S/C18H36O6S/c19-16-14-12-10-8-6-4-2-1-3-5-7-9-11-13-15-17(18(20)21)25(22,23)24/h17,19H,1-16H2,(H,20,21)(H,22,23,24). The summed E-state index contributed by atoms with van der Waals surface area (Å²) in [5, 5.41) is 15.8. The van der Waals surface area contributed by atoms with E-state index in [2.05, 4.69) is 0 Å². The first-order valence-electron chi connectivity index (χ1n) is 9.69. The Balaban J connectivity index is 3.35. The van der Waals surface area contributed by atoms with Gasteiger partial charge in [0.25, 0.3) is 10.1 Å². The van der Waals surface area contributed by atoms with Gasteiger partial charge in [0.05, 0.1) is 0 Å². The molecule has 25 heavy (non-hydrogen) atoms. The second-order valence-electron chi connectivity index (χ2n) is 6.80. The fraction of sp³-hybridized carbons (Fsp3) is 0.944. The van der Waals surface area contributed by atoms with Crippen LogP contribution >= 0.6 is 0 Å². The van der Waals surface area contributed by atoms with Crippen LogP contribution in [0.3, 0.4) is 0 Å². The molecule has 0 amide bonds. The Morgan fingerprint density at radius 1 is 0.680 bits per heavy atom. The Morgan fingerprint density at radius 3 is 1.28 bits per heavy atom. The minimum absolute atomic E-state index is 0.0214. The van der Waals surface area contributed by atoms with E-state index in [1.165, 1.54) is 44.9 Å². The van der Waals surface area contributed by atoms with Crippen molar-refractivity contribution in [2.75, 3.05) is 6.61 Å². The van der Waals surface area contributed by atoms with Crippen molar-refractivity contribution in [2.24, 2.45) is 0 Å². The maximum atomic E-state index is 10.9. The second-order valence-corrected chi connectivity index (χ2v) is 8.40. The number of aliphatic carboxylic acids is 1. The lowest BCUT2D eigenvalue weighted by molar-refractivity contribution is -0.136. The first-order chi connectivity index (χ1) is 11.9. The molecule has 0 rings (SSSR count). The Hall–Kier alpha value is -0.660. The van der Waals surface area contributed by atoms with Gasteiger partial charge in [-0.3, -0.25) is 9.35 Å². The summed E-state index contributed by atoms with van der Waals surface area (Å²) in [6.45, 7) is 0.306. The summed E-state index contributed by atoms with van der Waals surface area (Å²) in [5.41, 5.74) is 0. The number of hydrogen-bond acceptors (Lipinski definition) is 4. The number of aliphatic hydroxyl groups is 1. The molecule has 0 heterocycles. The molecule has 0 saturated carbocycles. The fourth-order valence-electron chi connectivity index (χ4n) is 2.96. The van der Waals surface area contributed by atoms with Crippen molar-refractivity contribution in [3.05, 3.63) is 0 Å². The molecule has 0 saturated heterocycles. The maximum Gasteiger partial charge on any atom is 0.324 e. The first kappa shape index (κ1) is 24.3. The number of hydrogen-bond donors (Lipinski definition) is 3. The SMILES string of the molecule is O=C(O)C(CCCCCCCCCCCCCCCCO)S(=O)(=O)O. The largest absolute Gasteiger partial charge is 0.480 e. The summed E-state index contributed by atoms with van der Waals surface area (Å²) < 4.78 is 30.7. The lowest BCUT2D eigenvalue weighted by atomic mass is 10.0. The van der Waals surface area contributed by atoms with Crippen molar-refractivity contribution >= 4 is 16.1 Å². The van der Waals surface area contributed by atoms with Crippen molar-refractivity contribution in [3.8, 4) is 0 Å². The van der Waals surface area contributed by atoms with Gasteiger partial charge in [-0.05, 0) is 12.8 Å². The molecule has 0 aromatic heterocycles. The highest BCUT2D eigenvalue weighted by Crippen LogP contribution is 2.15. The van der Waals surface area contributed by atoms with Gasteiger partial charge < -0.3 is 10.2 Å². The van der Waals surface area contributed by atoms with Crippen molar-refractivity contribution in [2.45, 2.75) is 102 Å². The van der Waals surface area contributed by atoms with E-state index < -0.39 is 21.3 Å². The zero-order valence-electron chi connectivity index (χ0n) is 15.4. The first-order valence-corrected chi connectivity index (χ1v) is 11.2. The summed E-state index contributed by atoms with van der Waals surface area (Å²) in [6, 6.07) is 0. The molecule has 0 spiro atoms. The van der Waals surface area contributed by atoms with Crippen molar-refractivity contribution in [1.82, 2.24) is 0 Å². The molecule has 0 bridgehead atoms. The Morgan fingerprint density at radius 2 is 1.00 bits per heavy atom. The quantitative estimate of drug-likeness (QED) is 0.243. The molecule has 0 fully saturated rings. The highest BCUT2D eigenvalue weighted by molar-refractivity contribution is 7.87. The predicted molar refractivity (Wildman–Crippen MR) is 99.3 cm³/mol. The minimum Gasteiger partial charge on any atom is -0.480 e. The summed E-state index contributed by atoms with van der Waals surface area (Å²) in [6.07, 6.45) is 15.4. The van der Waals surface area contributed by atoms with Crippen molar-refractivity contribution in [3.63, 3.8) is 0 Å². The highest BCUT2D eigenvalue weighted by atomic mass is 32.2. The Bertz CT molecular complexity index is 421. The third-order valence-electron chi connectivity index (χ3n) is 4.51. The fourth-order valence-corrected chi connectivity index (χ4v) is 3.68. The van der Waals surface area contributed by atoms with E-state index >= 15 is 0 Å². The van der Waals surface area contributed by atoms with E-state index in [4.69, 9.17) is 14.8 Å². The van der Waals surface area contributed by atoms with E-state index in [0.717, 1.165) is 38.5 Å². The van der Waals surface area contributed by atoms with Crippen LogP contribution in [0.25, 0.3) is 0 Å². The molecule has 7 heteroatoms. The van der Waals surface area contributed by atoms with Gasteiger partial charge >= 0.3 is 5.97 Å². The molecule has 0 aliphatic rings. The normalized spacial score (nSPS) is 13.0. The second kappa shape index (κ2) is 15.6. The number of aliphatic hydroxyl groups excluding tert-OH is 1. The van der Waals surface area contributed by atoms with Crippen LogP contribution in [-0.2, 0) is 14.9 Å². The van der Waals surface area contributed by atoms with E-state index in [-0.39, 0.29) is 6.42 Å². The molecular weight excluding hydrogens is 344 g/mol. The Labute approximate surface area is 152 Å². The lowest BCUT2D eigenvalue weighted by Crippen LogP contribution is -2.29. The van der Waals surface area contributed by atoms with Gasteiger partial charge in [-0.15, -0.1) is 0 Å². The van der Waals surface area contributed by atoms with Crippen molar-refractivity contribution < 1.29 is 28.0 Å². The van der Waals surface area contributed by atoms with Gasteiger partial charge in [0.1, 0.15) is 0 Å². The van der Waals surface area contributed by atoms with Gasteiger partial charge in [0, 0.05) is 6.61 Å². The summed E-state index contributed by atoms with van der Waals surface area (Å²) in [5.74, 6) is -1.48. The summed E-state index contributed by atoms with van der Waals surface area (Å²) >= 11 is 0. The zero-order chi connectivity index (χ0) is 19.0. The average molecular weight is 381 g/mol. The minimum atomic E-state index is -4.49. The van der Waals surface area contributed by atoms with Gasteiger partial charge in [-0.1, -0.05) is 83.5 Å². The number of unbranched alkanes of at least 4 members (excludes halogenated alkanes) is 13. The molecule has 0 aromatic rings. The molecule has 1 atom stereocenters. The highest BCUT2D eigenvalue weighted by Gasteiger charge is 2.29. The number of carbonyl (C=O) groups is 1. The third kappa shape index (κ3) is 15.3. The van der Waals surface area contributed by atoms with Gasteiger partial charge in [-0.2, -0.15) is 8.42 Å². The lowest BCUT2D eigenvalue weighted by Gasteiger charge is -2.08. The van der Waals surface area contributed by atoms with E-state index in [0.29, 0.717) is 13.0 Å². The number of carboxylic acid groups (broad SMARTS) is 1. The predicted octanol–water partition coefficient (Wildman–Crippen LogP) is 4.17. The van der Waals surface area contributed by atoms with Crippen LogP contribution in [0, 0.1) is 0 Å². The van der Waals surface area contributed by atoms with Crippen LogP contribution in [0.5, 0.6) is 0 Å². The van der Waals surface area contributed by atoms with Gasteiger partial charge in [0.15, 0.2) is 5.25 Å². The van der Waals surface area contributed by atoms with Crippen LogP contribution in [0.4, 0.5) is 0 Å². The smallest absolute Gasteiger partial charge is 0.324 e. The van der Waals surface area contributed by atoms with Gasteiger partial charge in [0.2, 0.25) is 0 Å². The van der Waals surface area contributed by atoms with Crippen LogP contribution in [0.2, 0.25) is 0 Å². The molecular formula is C18H36O6S. The van der Waals surface area contributed by atoms with E-state index in [1.54, 1.807) is 0 Å². The number of rotatable bonds is 18. The molecule has 150 valence electrons. The molecule has 0 aromatic carbocycles. The number of carboxylic acids is 1. The van der Waals surface area contributed by atoms with E-state index in [9.17, 15) is 13.2 Å². The average Bonchev–Trinajstić information content (AvgIpc) is 2.53. The molecule has 3 N–H and O–H groups in total. The van der Waals surface area contributed by atoms with Crippen LogP contribution < -0.4 is 0 Å². The Kier molecular flexibility index (Phi) is 15.2. The monoisotopic (exact) mass is 380 g/mol. The molecule has 0 aliphatic carbocycles. The topological polar surface area (TPSA) is 112 Å². The molecule has 0 aliphatic heterocycles. The third-order valence-corrected chi connectivity index (χ3v) is 5.67. The zero-order valence-corrected chi connectivity index (χ0v) is 16.2. The van der Waals surface area contributed by atoms with Crippen LogP contribution in [0.15, 0.2) is 0 Å².